The molecule has 0 aromatic heterocycles. The molecule has 102 valence electrons. The maximum Gasteiger partial charge on any atom is 0.196 e. The van der Waals surface area contributed by atoms with Crippen LogP contribution < -0.4 is 10.6 Å². The highest BCUT2D eigenvalue weighted by Crippen LogP contribution is 2.46. The van der Waals surface area contributed by atoms with Gasteiger partial charge >= 0.3 is 0 Å². The highest BCUT2D eigenvalue weighted by atomic mass is 35.5. The monoisotopic (exact) mass is 277 g/mol. The Kier molecular flexibility index (Phi) is 3.17. The minimum absolute atomic E-state index is 0.104. The number of anilines is 1. The van der Waals surface area contributed by atoms with Crippen LogP contribution in [0.15, 0.2) is 29.3 Å². The summed E-state index contributed by atoms with van der Waals surface area (Å²) in [6.07, 6.45) is 4.92. The Bertz CT molecular complexity index is 497. The smallest absolute Gasteiger partial charge is 0.196 e. The Hall–Kier alpha value is -1.22. The highest BCUT2D eigenvalue weighted by Gasteiger charge is 2.50. The minimum Gasteiger partial charge on any atom is -0.369 e. The van der Waals surface area contributed by atoms with Crippen molar-refractivity contribution >= 4 is 23.2 Å². The van der Waals surface area contributed by atoms with E-state index in [0.717, 1.165) is 17.3 Å². The first kappa shape index (κ1) is 12.8. The molecule has 0 amide bonds. The third kappa shape index (κ3) is 1.91. The maximum atomic E-state index is 6.16. The number of nitrogens with two attached hydrogens (primary N) is 1. The van der Waals surface area contributed by atoms with E-state index in [4.69, 9.17) is 17.3 Å². The summed E-state index contributed by atoms with van der Waals surface area (Å²) in [6.45, 7) is 3.10. The molecule has 0 bridgehead atoms. The predicted octanol–water partition coefficient (Wildman–Crippen LogP) is 3.42. The third-order valence-electron chi connectivity index (χ3n) is 4.69. The number of benzene rings is 1. The second kappa shape index (κ2) is 4.71. The van der Waals surface area contributed by atoms with Crippen LogP contribution in [0.2, 0.25) is 5.02 Å². The third-order valence-corrected chi connectivity index (χ3v) is 4.94. The highest BCUT2D eigenvalue weighted by molar-refractivity contribution is 6.30. The molecule has 3 nitrogen and oxygen atoms in total. The SMILES string of the molecule is CCC1CCCC12CN=C(N)N2c1ccc(Cl)cc1. The van der Waals surface area contributed by atoms with Gasteiger partial charge in [-0.25, -0.2) is 0 Å². The summed E-state index contributed by atoms with van der Waals surface area (Å²) < 4.78 is 0. The zero-order valence-electron chi connectivity index (χ0n) is 11.3. The molecule has 2 atom stereocenters. The van der Waals surface area contributed by atoms with E-state index in [0.29, 0.717) is 11.9 Å². The van der Waals surface area contributed by atoms with E-state index in [1.807, 2.05) is 24.3 Å². The topological polar surface area (TPSA) is 41.6 Å². The second-order valence-corrected chi connectivity index (χ2v) is 6.02. The first-order chi connectivity index (χ1) is 9.17. The van der Waals surface area contributed by atoms with Gasteiger partial charge in [-0.3, -0.25) is 4.99 Å². The normalized spacial score (nSPS) is 30.1. The largest absolute Gasteiger partial charge is 0.369 e. The van der Waals surface area contributed by atoms with E-state index in [2.05, 4.69) is 16.8 Å². The van der Waals surface area contributed by atoms with Gasteiger partial charge in [-0.2, -0.15) is 0 Å². The first-order valence-corrected chi connectivity index (χ1v) is 7.41. The quantitative estimate of drug-likeness (QED) is 0.900. The van der Waals surface area contributed by atoms with E-state index >= 15 is 0 Å². The van der Waals surface area contributed by atoms with E-state index in [-0.39, 0.29) is 5.54 Å². The molecule has 1 spiro atoms. The molecule has 1 saturated carbocycles. The number of nitrogens with zero attached hydrogens (tertiary/aromatic N) is 2. The van der Waals surface area contributed by atoms with Crippen molar-refractivity contribution in [3.05, 3.63) is 29.3 Å². The molecule has 1 aromatic carbocycles. The zero-order valence-corrected chi connectivity index (χ0v) is 12.0. The minimum atomic E-state index is 0.104. The van der Waals surface area contributed by atoms with Crippen LogP contribution in [0.3, 0.4) is 0 Å². The van der Waals surface area contributed by atoms with Gasteiger partial charge in [-0.1, -0.05) is 31.4 Å². The molecule has 2 N–H and O–H groups in total. The van der Waals surface area contributed by atoms with Crippen LogP contribution in [0, 0.1) is 5.92 Å². The van der Waals surface area contributed by atoms with Crippen LogP contribution in [0.1, 0.15) is 32.6 Å². The van der Waals surface area contributed by atoms with Gasteiger partial charge < -0.3 is 10.6 Å². The van der Waals surface area contributed by atoms with E-state index < -0.39 is 0 Å². The van der Waals surface area contributed by atoms with Crippen LogP contribution in [0.25, 0.3) is 0 Å². The molecule has 1 heterocycles. The van der Waals surface area contributed by atoms with E-state index in [1.165, 1.54) is 25.7 Å². The summed E-state index contributed by atoms with van der Waals surface area (Å²) in [5.41, 5.74) is 7.38. The van der Waals surface area contributed by atoms with Crippen molar-refractivity contribution in [2.75, 3.05) is 11.4 Å². The molecular formula is C15H20ClN3. The van der Waals surface area contributed by atoms with Crippen molar-refractivity contribution in [1.29, 1.82) is 0 Å². The lowest BCUT2D eigenvalue weighted by Crippen LogP contribution is -2.54. The molecule has 1 fully saturated rings. The van der Waals surface area contributed by atoms with Crippen molar-refractivity contribution in [2.45, 2.75) is 38.1 Å². The summed E-state index contributed by atoms with van der Waals surface area (Å²) in [5, 5.41) is 0.756. The van der Waals surface area contributed by atoms with Gasteiger partial charge in [-0.15, -0.1) is 0 Å². The van der Waals surface area contributed by atoms with E-state index in [1.54, 1.807) is 0 Å². The first-order valence-electron chi connectivity index (χ1n) is 7.03. The number of hydrogen-bond acceptors (Lipinski definition) is 3. The van der Waals surface area contributed by atoms with Crippen molar-refractivity contribution in [3.8, 4) is 0 Å². The Labute approximate surface area is 119 Å². The molecule has 0 saturated heterocycles. The lowest BCUT2D eigenvalue weighted by atomic mass is 9.84. The van der Waals surface area contributed by atoms with Gasteiger partial charge in [0.25, 0.3) is 0 Å². The average molecular weight is 278 g/mol. The maximum absolute atomic E-state index is 6.16. The molecule has 2 unspecified atom stereocenters. The molecule has 19 heavy (non-hydrogen) atoms. The van der Waals surface area contributed by atoms with Crippen molar-refractivity contribution in [2.24, 2.45) is 16.6 Å². The fourth-order valence-electron chi connectivity index (χ4n) is 3.78. The summed E-state index contributed by atoms with van der Waals surface area (Å²) in [6, 6.07) is 7.93. The van der Waals surface area contributed by atoms with Crippen LogP contribution in [0.4, 0.5) is 5.69 Å². The second-order valence-electron chi connectivity index (χ2n) is 5.59. The summed E-state index contributed by atoms with van der Waals surface area (Å²) in [4.78, 5) is 6.79. The zero-order chi connectivity index (χ0) is 13.5. The number of rotatable bonds is 2. The molecule has 2 aliphatic rings. The fourth-order valence-corrected chi connectivity index (χ4v) is 3.91. The molecule has 1 aliphatic carbocycles. The van der Waals surface area contributed by atoms with Gasteiger partial charge in [0.1, 0.15) is 0 Å². The van der Waals surface area contributed by atoms with Crippen LogP contribution in [0.5, 0.6) is 0 Å². The van der Waals surface area contributed by atoms with Crippen LogP contribution in [-0.4, -0.2) is 18.0 Å². The van der Waals surface area contributed by atoms with Crippen molar-refractivity contribution in [1.82, 2.24) is 0 Å². The fraction of sp³-hybridized carbons (Fsp3) is 0.533. The molecule has 3 rings (SSSR count). The number of halogens is 1. The Morgan fingerprint density at radius 3 is 2.84 bits per heavy atom. The Balaban J connectivity index is 2.01. The summed E-state index contributed by atoms with van der Waals surface area (Å²) in [5.74, 6) is 1.33. The average Bonchev–Trinajstić information content (AvgIpc) is 2.96. The van der Waals surface area contributed by atoms with Crippen molar-refractivity contribution in [3.63, 3.8) is 0 Å². The lowest BCUT2D eigenvalue weighted by molar-refractivity contribution is 0.331. The number of hydrogen-bond donors (Lipinski definition) is 1. The standard InChI is InChI=1S/C15H20ClN3/c1-2-11-4-3-9-15(11)10-18-14(17)19(15)13-7-5-12(16)6-8-13/h5-8,11H,2-4,9-10H2,1H3,(H2,17,18). The van der Waals surface area contributed by atoms with E-state index in [9.17, 15) is 0 Å². The lowest BCUT2D eigenvalue weighted by Gasteiger charge is -2.40. The van der Waals surface area contributed by atoms with Gasteiger partial charge in [0.2, 0.25) is 0 Å². The molecular weight excluding hydrogens is 258 g/mol. The predicted molar refractivity (Wildman–Crippen MR) is 80.8 cm³/mol. The molecule has 1 aliphatic heterocycles. The van der Waals surface area contributed by atoms with Crippen LogP contribution in [-0.2, 0) is 0 Å². The summed E-state index contributed by atoms with van der Waals surface area (Å²) in [7, 11) is 0. The molecule has 4 heteroatoms. The molecule has 0 radical (unpaired) electrons. The van der Waals surface area contributed by atoms with Crippen LogP contribution >= 0.6 is 11.6 Å². The van der Waals surface area contributed by atoms with Gasteiger partial charge in [0.05, 0.1) is 12.1 Å². The van der Waals surface area contributed by atoms with Gasteiger partial charge in [0.15, 0.2) is 5.96 Å². The van der Waals surface area contributed by atoms with Gasteiger partial charge in [-0.05, 0) is 43.0 Å². The Morgan fingerprint density at radius 2 is 2.16 bits per heavy atom. The number of guanidine groups is 1. The number of aliphatic imine (C=N–C) groups is 1. The summed E-state index contributed by atoms with van der Waals surface area (Å²) >= 11 is 5.98. The van der Waals surface area contributed by atoms with Gasteiger partial charge in [0, 0.05) is 10.7 Å². The van der Waals surface area contributed by atoms with Crippen molar-refractivity contribution < 1.29 is 0 Å². The molecule has 1 aromatic rings. The Morgan fingerprint density at radius 1 is 1.42 bits per heavy atom.